The minimum absolute atomic E-state index is 0.301. The van der Waals surface area contributed by atoms with E-state index in [1.807, 2.05) is 32.0 Å². The molecule has 28 heavy (non-hydrogen) atoms. The predicted octanol–water partition coefficient (Wildman–Crippen LogP) is 4.89. The van der Waals surface area contributed by atoms with Gasteiger partial charge in [0, 0.05) is 18.0 Å². The summed E-state index contributed by atoms with van der Waals surface area (Å²) in [4.78, 5) is 15.8. The van der Waals surface area contributed by atoms with Crippen LogP contribution in [0, 0.1) is 13.8 Å². The quantitative estimate of drug-likeness (QED) is 0.742. The standard InChI is InChI=1S/C23H29NO4/c1-14-11-19(28-16(3)23(26)27)12-15(2)20(14)13-18-9-10-21(25)22(24-18)17-7-5-4-6-8-17/h9-12,16-17,25H,4-8,13H2,1-3H3,(H,26,27). The highest BCUT2D eigenvalue weighted by molar-refractivity contribution is 5.72. The van der Waals surface area contributed by atoms with E-state index >= 15 is 0 Å². The number of nitrogens with zero attached hydrogens (tertiary/aromatic N) is 1. The second-order valence-electron chi connectivity index (χ2n) is 7.85. The van der Waals surface area contributed by atoms with Gasteiger partial charge in [0.15, 0.2) is 6.10 Å². The van der Waals surface area contributed by atoms with Gasteiger partial charge in [-0.25, -0.2) is 4.79 Å². The minimum atomic E-state index is -0.983. The smallest absolute Gasteiger partial charge is 0.344 e. The van der Waals surface area contributed by atoms with Gasteiger partial charge < -0.3 is 14.9 Å². The number of benzene rings is 1. The van der Waals surface area contributed by atoms with Crippen LogP contribution in [-0.2, 0) is 11.2 Å². The zero-order valence-electron chi connectivity index (χ0n) is 16.9. The average Bonchev–Trinajstić information content (AvgIpc) is 2.66. The number of aryl methyl sites for hydroxylation is 2. The van der Waals surface area contributed by atoms with Crippen molar-refractivity contribution < 1.29 is 19.7 Å². The third-order valence-electron chi connectivity index (χ3n) is 5.64. The van der Waals surface area contributed by atoms with E-state index in [0.717, 1.165) is 40.9 Å². The van der Waals surface area contributed by atoms with Crippen molar-refractivity contribution in [2.75, 3.05) is 0 Å². The van der Waals surface area contributed by atoms with Gasteiger partial charge in [0.2, 0.25) is 0 Å². The third-order valence-corrected chi connectivity index (χ3v) is 5.64. The number of carbonyl (C=O) groups is 1. The van der Waals surface area contributed by atoms with Gasteiger partial charge in [-0.15, -0.1) is 0 Å². The summed E-state index contributed by atoms with van der Waals surface area (Å²) >= 11 is 0. The molecular formula is C23H29NO4. The minimum Gasteiger partial charge on any atom is -0.506 e. The fraction of sp³-hybridized carbons (Fsp3) is 0.478. The van der Waals surface area contributed by atoms with Crippen LogP contribution in [-0.4, -0.2) is 27.3 Å². The summed E-state index contributed by atoms with van der Waals surface area (Å²) in [5.41, 5.74) is 5.02. The lowest BCUT2D eigenvalue weighted by atomic mass is 9.86. The summed E-state index contributed by atoms with van der Waals surface area (Å²) in [6.07, 6.45) is 5.64. The van der Waals surface area contributed by atoms with E-state index in [9.17, 15) is 9.90 Å². The van der Waals surface area contributed by atoms with Crippen molar-refractivity contribution in [1.82, 2.24) is 4.98 Å². The molecule has 1 aromatic carbocycles. The third kappa shape index (κ3) is 4.64. The van der Waals surface area contributed by atoms with Crippen LogP contribution in [0.4, 0.5) is 0 Å². The normalized spacial score (nSPS) is 16.0. The van der Waals surface area contributed by atoms with Gasteiger partial charge in [0.1, 0.15) is 11.5 Å². The first-order valence-corrected chi connectivity index (χ1v) is 10.0. The second kappa shape index (κ2) is 8.63. The molecule has 1 unspecified atom stereocenters. The van der Waals surface area contributed by atoms with E-state index in [4.69, 9.17) is 14.8 Å². The molecule has 0 aliphatic heterocycles. The van der Waals surface area contributed by atoms with Gasteiger partial charge in [0.25, 0.3) is 0 Å². The molecule has 5 heteroatoms. The monoisotopic (exact) mass is 383 g/mol. The first-order chi connectivity index (χ1) is 13.3. The highest BCUT2D eigenvalue weighted by Gasteiger charge is 2.21. The van der Waals surface area contributed by atoms with Crippen LogP contribution >= 0.6 is 0 Å². The van der Waals surface area contributed by atoms with Crippen LogP contribution < -0.4 is 4.74 Å². The molecule has 1 fully saturated rings. The number of aliphatic carboxylic acids is 1. The number of aromatic hydroxyl groups is 1. The van der Waals surface area contributed by atoms with Crippen LogP contribution in [0.1, 0.15) is 73.0 Å². The Morgan fingerprint density at radius 1 is 1.18 bits per heavy atom. The summed E-state index contributed by atoms with van der Waals surface area (Å²) < 4.78 is 5.51. The van der Waals surface area contributed by atoms with Gasteiger partial charge in [-0.3, -0.25) is 4.98 Å². The molecule has 150 valence electrons. The Morgan fingerprint density at radius 3 is 2.43 bits per heavy atom. The summed E-state index contributed by atoms with van der Waals surface area (Å²) in [5.74, 6) is 0.234. The van der Waals surface area contributed by atoms with Crippen LogP contribution in [0.3, 0.4) is 0 Å². The summed E-state index contributed by atoms with van der Waals surface area (Å²) in [6, 6.07) is 7.41. The van der Waals surface area contributed by atoms with E-state index in [1.54, 1.807) is 6.07 Å². The molecule has 0 saturated heterocycles. The maximum atomic E-state index is 11.0. The summed E-state index contributed by atoms with van der Waals surface area (Å²) in [5, 5.41) is 19.3. The highest BCUT2D eigenvalue weighted by atomic mass is 16.5. The molecule has 5 nitrogen and oxygen atoms in total. The molecule has 0 radical (unpaired) electrons. The second-order valence-corrected chi connectivity index (χ2v) is 7.85. The molecule has 1 heterocycles. The lowest BCUT2D eigenvalue weighted by Gasteiger charge is -2.22. The molecule has 1 atom stereocenters. The molecule has 3 rings (SSSR count). The van der Waals surface area contributed by atoms with E-state index in [1.165, 1.54) is 26.2 Å². The highest BCUT2D eigenvalue weighted by Crippen LogP contribution is 2.36. The SMILES string of the molecule is Cc1cc(OC(C)C(=O)O)cc(C)c1Cc1ccc(O)c(C2CCCCC2)n1. The van der Waals surface area contributed by atoms with E-state index < -0.39 is 12.1 Å². The Balaban J connectivity index is 1.82. The number of hydrogen-bond donors (Lipinski definition) is 2. The summed E-state index contributed by atoms with van der Waals surface area (Å²) in [6.45, 7) is 5.53. The van der Waals surface area contributed by atoms with Crippen LogP contribution in [0.15, 0.2) is 24.3 Å². The van der Waals surface area contributed by atoms with Crippen molar-refractivity contribution in [3.05, 3.63) is 52.3 Å². The zero-order chi connectivity index (χ0) is 20.3. The first kappa shape index (κ1) is 20.2. The van der Waals surface area contributed by atoms with Crippen molar-refractivity contribution in [3.8, 4) is 11.5 Å². The first-order valence-electron chi connectivity index (χ1n) is 10.0. The van der Waals surface area contributed by atoms with Crippen molar-refractivity contribution >= 4 is 5.97 Å². The molecular weight excluding hydrogens is 354 g/mol. The molecule has 2 N–H and O–H groups in total. The fourth-order valence-corrected chi connectivity index (χ4v) is 4.02. The zero-order valence-corrected chi connectivity index (χ0v) is 16.9. The molecule has 1 aliphatic rings. The number of aromatic nitrogens is 1. The number of hydrogen-bond acceptors (Lipinski definition) is 4. The van der Waals surface area contributed by atoms with Crippen LogP contribution in [0.5, 0.6) is 11.5 Å². The fourth-order valence-electron chi connectivity index (χ4n) is 4.02. The lowest BCUT2D eigenvalue weighted by Crippen LogP contribution is -2.23. The maximum Gasteiger partial charge on any atom is 0.344 e. The molecule has 0 bridgehead atoms. The Bertz CT molecular complexity index is 833. The number of rotatable bonds is 6. The molecule has 0 amide bonds. The maximum absolute atomic E-state index is 11.0. The van der Waals surface area contributed by atoms with Crippen LogP contribution in [0.2, 0.25) is 0 Å². The van der Waals surface area contributed by atoms with Crippen molar-refractivity contribution in [1.29, 1.82) is 0 Å². The van der Waals surface area contributed by atoms with E-state index in [-0.39, 0.29) is 0 Å². The topological polar surface area (TPSA) is 79.7 Å². The summed E-state index contributed by atoms with van der Waals surface area (Å²) in [7, 11) is 0. The Morgan fingerprint density at radius 2 is 1.82 bits per heavy atom. The van der Waals surface area contributed by atoms with E-state index in [2.05, 4.69) is 0 Å². The largest absolute Gasteiger partial charge is 0.506 e. The van der Waals surface area contributed by atoms with Gasteiger partial charge in [-0.05, 0) is 74.6 Å². The van der Waals surface area contributed by atoms with Crippen molar-refractivity contribution in [2.45, 2.75) is 71.3 Å². The van der Waals surface area contributed by atoms with Crippen molar-refractivity contribution in [2.24, 2.45) is 0 Å². The Labute approximate surface area is 166 Å². The Kier molecular flexibility index (Phi) is 6.22. The Hall–Kier alpha value is -2.56. The van der Waals surface area contributed by atoms with Gasteiger partial charge >= 0.3 is 5.97 Å². The van der Waals surface area contributed by atoms with Crippen LogP contribution in [0.25, 0.3) is 0 Å². The van der Waals surface area contributed by atoms with Gasteiger partial charge in [-0.1, -0.05) is 19.3 Å². The van der Waals surface area contributed by atoms with Crippen molar-refractivity contribution in [3.63, 3.8) is 0 Å². The number of ether oxygens (including phenoxy) is 1. The van der Waals surface area contributed by atoms with Gasteiger partial charge in [-0.2, -0.15) is 0 Å². The molecule has 1 aliphatic carbocycles. The average molecular weight is 383 g/mol. The van der Waals surface area contributed by atoms with E-state index in [0.29, 0.717) is 23.8 Å². The molecule has 1 saturated carbocycles. The molecule has 0 spiro atoms. The predicted molar refractivity (Wildman–Crippen MR) is 108 cm³/mol. The molecule has 2 aromatic rings. The number of carboxylic acid groups (broad SMARTS) is 1. The number of carboxylic acids is 1. The van der Waals surface area contributed by atoms with Gasteiger partial charge in [0.05, 0.1) is 5.69 Å². The number of pyridine rings is 1. The molecule has 1 aromatic heterocycles. The lowest BCUT2D eigenvalue weighted by molar-refractivity contribution is -0.144.